The number of fused-ring (bicyclic) bond motifs is 2. The van der Waals surface area contributed by atoms with Crippen molar-refractivity contribution >= 4 is 68.4 Å². The van der Waals surface area contributed by atoms with Gasteiger partial charge in [0, 0.05) is 0 Å². The molecule has 4 aromatic carbocycles. The van der Waals surface area contributed by atoms with Gasteiger partial charge in [-0.05, 0) is 0 Å². The average molecular weight is 607 g/mol. The Morgan fingerprint density at radius 3 is 1.45 bits per heavy atom. The first-order valence-electron chi connectivity index (χ1n) is 10.3. The first-order chi connectivity index (χ1) is 15.3. The van der Waals surface area contributed by atoms with Gasteiger partial charge in [-0.15, -0.1) is 0 Å². The van der Waals surface area contributed by atoms with Gasteiger partial charge >= 0.3 is 208 Å². The van der Waals surface area contributed by atoms with E-state index in [1.807, 2.05) is 0 Å². The fourth-order valence-electron chi connectivity index (χ4n) is 3.52. The Morgan fingerprint density at radius 1 is 0.581 bits per heavy atom. The Morgan fingerprint density at radius 2 is 1.00 bits per heavy atom. The molecular formula is C26H24Br2O2Se. The normalized spacial score (nSPS) is 13.2. The van der Waals surface area contributed by atoms with E-state index in [1.165, 1.54) is 21.5 Å². The Kier molecular flexibility index (Phi) is 8.32. The number of benzene rings is 4. The van der Waals surface area contributed by atoms with E-state index < -0.39 is 0 Å². The molecule has 0 aliphatic heterocycles. The first kappa shape index (κ1) is 22.7. The average Bonchev–Trinajstić information content (AvgIpc) is 2.83. The van der Waals surface area contributed by atoms with E-state index in [9.17, 15) is 0 Å². The summed E-state index contributed by atoms with van der Waals surface area (Å²) < 4.78 is 12.5. The molecule has 0 spiro atoms. The van der Waals surface area contributed by atoms with E-state index in [0.29, 0.717) is 37.8 Å². The summed E-state index contributed by atoms with van der Waals surface area (Å²) in [6.45, 7) is 1.41. The molecule has 4 rings (SSSR count). The number of rotatable bonds is 10. The van der Waals surface area contributed by atoms with Gasteiger partial charge in [0.15, 0.2) is 0 Å². The maximum atomic E-state index is 6.27. The summed E-state index contributed by atoms with van der Waals surface area (Å²) in [4.78, 5) is 0.926. The van der Waals surface area contributed by atoms with Crippen LogP contribution in [-0.2, 0) is 0 Å². The number of alkyl halides is 2. The van der Waals surface area contributed by atoms with Crippen LogP contribution in [0.3, 0.4) is 0 Å². The van der Waals surface area contributed by atoms with Crippen LogP contribution in [0.4, 0.5) is 0 Å². The number of halogens is 2. The van der Waals surface area contributed by atoms with Crippen LogP contribution in [0.25, 0.3) is 21.5 Å². The zero-order valence-electron chi connectivity index (χ0n) is 17.0. The molecule has 31 heavy (non-hydrogen) atoms. The van der Waals surface area contributed by atoms with Crippen LogP contribution in [0.1, 0.15) is 0 Å². The minimum absolute atomic E-state index is 0.363. The van der Waals surface area contributed by atoms with Gasteiger partial charge in [-0.1, -0.05) is 0 Å². The molecule has 5 heteroatoms. The third-order valence-corrected chi connectivity index (χ3v) is 11.5. The molecule has 0 fully saturated rings. The Bertz CT molecular complexity index is 1030. The van der Waals surface area contributed by atoms with Gasteiger partial charge in [0.2, 0.25) is 0 Å². The van der Waals surface area contributed by atoms with E-state index >= 15 is 0 Å². The van der Waals surface area contributed by atoms with Gasteiger partial charge in [0.05, 0.1) is 0 Å². The molecule has 160 valence electrons. The molecule has 0 aliphatic carbocycles. The quantitative estimate of drug-likeness (QED) is 0.137. The molecule has 4 aromatic rings. The third kappa shape index (κ3) is 5.84. The van der Waals surface area contributed by atoms with Crippen LogP contribution in [0.15, 0.2) is 84.9 Å². The summed E-state index contributed by atoms with van der Waals surface area (Å²) >= 11 is 7.77. The topological polar surface area (TPSA) is 18.5 Å². The number of hydrogen-bond donors (Lipinski definition) is 0. The van der Waals surface area contributed by atoms with Crippen molar-refractivity contribution in [3.8, 4) is 11.5 Å². The maximum absolute atomic E-state index is 6.27. The molecule has 0 saturated carbocycles. The van der Waals surface area contributed by atoms with Crippen molar-refractivity contribution < 1.29 is 9.47 Å². The third-order valence-electron chi connectivity index (χ3n) is 5.08. The van der Waals surface area contributed by atoms with Crippen LogP contribution < -0.4 is 9.47 Å². The minimum atomic E-state index is 0.363. The van der Waals surface area contributed by atoms with Crippen LogP contribution in [-0.4, -0.2) is 38.8 Å². The SMILES string of the molecule is BrCC(COc1cccc2ccccc12)[Se]C(CBr)COc1cccc2ccccc12. The van der Waals surface area contributed by atoms with Crippen LogP contribution in [0.2, 0.25) is 9.63 Å². The zero-order valence-corrected chi connectivity index (χ0v) is 21.9. The van der Waals surface area contributed by atoms with E-state index in [-0.39, 0.29) is 0 Å². The molecule has 0 bridgehead atoms. The summed E-state index contributed by atoms with van der Waals surface area (Å²) in [5.74, 6) is 1.92. The van der Waals surface area contributed by atoms with Crippen molar-refractivity contribution in [2.24, 2.45) is 0 Å². The van der Waals surface area contributed by atoms with Crippen LogP contribution in [0, 0.1) is 0 Å². The Balaban J connectivity index is 1.37. The summed E-state index contributed by atoms with van der Waals surface area (Å²) in [6, 6.07) is 29.2. The molecule has 0 aromatic heterocycles. The van der Waals surface area contributed by atoms with Crippen molar-refractivity contribution in [1.82, 2.24) is 0 Å². The van der Waals surface area contributed by atoms with Crippen molar-refractivity contribution in [2.45, 2.75) is 9.63 Å². The predicted octanol–water partition coefficient (Wildman–Crippen LogP) is 7.52. The van der Waals surface area contributed by atoms with Gasteiger partial charge in [-0.2, -0.15) is 0 Å². The van der Waals surface area contributed by atoms with Gasteiger partial charge in [0.25, 0.3) is 0 Å². The summed E-state index contributed by atoms with van der Waals surface area (Å²) in [6.07, 6.45) is 0. The number of hydrogen-bond acceptors (Lipinski definition) is 2. The van der Waals surface area contributed by atoms with Gasteiger partial charge in [-0.3, -0.25) is 0 Å². The fraction of sp³-hybridized carbons (Fsp3) is 0.231. The molecule has 0 aliphatic rings. The van der Waals surface area contributed by atoms with Gasteiger partial charge < -0.3 is 0 Å². The summed E-state index contributed by atoms with van der Waals surface area (Å²) in [7, 11) is 0. The van der Waals surface area contributed by atoms with Crippen LogP contribution in [0.5, 0.6) is 11.5 Å². The molecule has 0 heterocycles. The zero-order chi connectivity index (χ0) is 21.5. The fourth-order valence-corrected chi connectivity index (χ4v) is 7.54. The molecule has 0 saturated heterocycles. The Hall–Kier alpha value is -1.52. The number of ether oxygens (including phenoxy) is 2. The summed E-state index contributed by atoms with van der Waals surface area (Å²) in [5, 5.41) is 6.61. The second-order valence-electron chi connectivity index (χ2n) is 7.27. The standard InChI is InChI=1S/C26H24Br2O2Se/c27-15-21(17-29-25-13-5-9-19-7-1-3-11-23(19)25)31-22(16-28)18-30-26-14-6-10-20-8-2-4-12-24(20)26/h1-14,21-22H,15-18H2. The monoisotopic (exact) mass is 606 g/mol. The van der Waals surface area contributed by atoms with Crippen molar-refractivity contribution in [3.63, 3.8) is 0 Å². The predicted molar refractivity (Wildman–Crippen MR) is 140 cm³/mol. The van der Waals surface area contributed by atoms with Gasteiger partial charge in [-0.25, -0.2) is 0 Å². The second-order valence-corrected chi connectivity index (χ2v) is 11.9. The molecule has 0 N–H and O–H groups in total. The van der Waals surface area contributed by atoms with E-state index in [1.54, 1.807) is 0 Å². The molecule has 0 amide bonds. The van der Waals surface area contributed by atoms with Crippen molar-refractivity contribution in [2.75, 3.05) is 23.9 Å². The molecule has 0 radical (unpaired) electrons. The second kappa shape index (κ2) is 11.4. The van der Waals surface area contributed by atoms with E-state index in [0.717, 1.165) is 22.2 Å². The molecule has 2 unspecified atom stereocenters. The van der Waals surface area contributed by atoms with Crippen molar-refractivity contribution in [3.05, 3.63) is 84.9 Å². The van der Waals surface area contributed by atoms with Gasteiger partial charge in [0.1, 0.15) is 0 Å². The van der Waals surface area contributed by atoms with E-state index in [2.05, 4.69) is 117 Å². The van der Waals surface area contributed by atoms with Crippen molar-refractivity contribution in [1.29, 1.82) is 0 Å². The first-order valence-corrected chi connectivity index (χ1v) is 14.5. The van der Waals surface area contributed by atoms with Crippen LogP contribution >= 0.6 is 31.9 Å². The molecule has 2 nitrogen and oxygen atoms in total. The molecular weight excluding hydrogens is 583 g/mol. The summed E-state index contributed by atoms with van der Waals surface area (Å²) in [5.41, 5.74) is 0. The molecule has 2 atom stereocenters. The Labute approximate surface area is 206 Å². The van der Waals surface area contributed by atoms with E-state index in [4.69, 9.17) is 9.47 Å².